The van der Waals surface area contributed by atoms with Gasteiger partial charge < -0.3 is 14.8 Å². The van der Waals surface area contributed by atoms with Gasteiger partial charge in [0.05, 0.1) is 23.6 Å². The number of H-pyrrole nitrogens is 1. The van der Waals surface area contributed by atoms with Gasteiger partial charge in [-0.1, -0.05) is 12.1 Å². The van der Waals surface area contributed by atoms with Crippen molar-refractivity contribution in [3.8, 4) is 22.4 Å². The molecule has 5 rings (SSSR count). The molecule has 0 bridgehead atoms. The number of carbonyl (C=O) groups is 1. The van der Waals surface area contributed by atoms with Crippen molar-refractivity contribution in [3.63, 3.8) is 0 Å². The number of aromatic nitrogens is 4. The molecule has 0 saturated heterocycles. The first-order chi connectivity index (χ1) is 17.4. The Kier molecular flexibility index (Phi) is 6.43. The Hall–Kier alpha value is -4.17. The van der Waals surface area contributed by atoms with Crippen molar-refractivity contribution in [2.75, 3.05) is 34.2 Å². The molecule has 1 amide bonds. The summed E-state index contributed by atoms with van der Waals surface area (Å²) in [6.07, 6.45) is 7.30. The first-order valence-electron chi connectivity index (χ1n) is 11.8. The molecule has 8 heteroatoms. The van der Waals surface area contributed by atoms with Crippen LogP contribution in [-0.4, -0.2) is 69.9 Å². The number of pyridine rings is 3. The number of rotatable bonds is 7. The fourth-order valence-electron chi connectivity index (χ4n) is 4.41. The van der Waals surface area contributed by atoms with E-state index in [9.17, 15) is 4.79 Å². The van der Waals surface area contributed by atoms with Crippen LogP contribution in [0.25, 0.3) is 44.3 Å². The van der Waals surface area contributed by atoms with E-state index in [2.05, 4.69) is 24.8 Å². The van der Waals surface area contributed by atoms with E-state index in [4.69, 9.17) is 0 Å². The minimum absolute atomic E-state index is 0.0556. The van der Waals surface area contributed by atoms with E-state index in [-0.39, 0.29) is 5.91 Å². The molecule has 0 spiro atoms. The Balaban J connectivity index is 1.52. The van der Waals surface area contributed by atoms with E-state index in [0.717, 1.165) is 35.1 Å². The van der Waals surface area contributed by atoms with Crippen molar-refractivity contribution in [2.45, 2.75) is 6.42 Å². The predicted octanol–water partition coefficient (Wildman–Crippen LogP) is 5.00. The van der Waals surface area contributed by atoms with Crippen LogP contribution in [0.5, 0.6) is 0 Å². The maximum absolute atomic E-state index is 15.2. The number of aromatic amines is 1. The van der Waals surface area contributed by atoms with Gasteiger partial charge in [-0.15, -0.1) is 0 Å². The Morgan fingerprint density at radius 1 is 0.972 bits per heavy atom. The van der Waals surface area contributed by atoms with E-state index in [1.807, 2.05) is 32.3 Å². The summed E-state index contributed by atoms with van der Waals surface area (Å²) < 4.78 is 15.2. The van der Waals surface area contributed by atoms with E-state index in [1.54, 1.807) is 54.8 Å². The zero-order valence-corrected chi connectivity index (χ0v) is 20.5. The summed E-state index contributed by atoms with van der Waals surface area (Å²) in [5, 5.41) is 1.50. The molecule has 0 aliphatic rings. The molecule has 182 valence electrons. The van der Waals surface area contributed by atoms with Crippen molar-refractivity contribution >= 4 is 27.8 Å². The predicted molar refractivity (Wildman–Crippen MR) is 140 cm³/mol. The summed E-state index contributed by atoms with van der Waals surface area (Å²) in [5.74, 6) is -0.483. The van der Waals surface area contributed by atoms with Crippen LogP contribution >= 0.6 is 0 Å². The summed E-state index contributed by atoms with van der Waals surface area (Å²) in [4.78, 5) is 32.9. The van der Waals surface area contributed by atoms with Crippen LogP contribution in [0.1, 0.15) is 16.8 Å². The van der Waals surface area contributed by atoms with E-state index >= 15 is 4.39 Å². The van der Waals surface area contributed by atoms with Gasteiger partial charge in [0.2, 0.25) is 0 Å². The van der Waals surface area contributed by atoms with Crippen LogP contribution in [0, 0.1) is 5.82 Å². The summed E-state index contributed by atoms with van der Waals surface area (Å²) in [5.41, 5.74) is 4.64. The average molecular weight is 483 g/mol. The SMILES string of the molecule is CN(C)CCCN(C)C(=O)c1ccc(-c2c(F)cnc3[nH]c4cnc(-c5cccnc5)cc4c23)cc1. The highest BCUT2D eigenvalue weighted by atomic mass is 19.1. The number of benzene rings is 1. The van der Waals surface area contributed by atoms with Gasteiger partial charge in [-0.3, -0.25) is 14.8 Å². The molecular formula is C28H27FN6O. The molecule has 7 nitrogen and oxygen atoms in total. The van der Waals surface area contributed by atoms with Gasteiger partial charge in [0.25, 0.3) is 5.91 Å². The van der Waals surface area contributed by atoms with Crippen LogP contribution in [0.15, 0.2) is 67.3 Å². The lowest BCUT2D eigenvalue weighted by Gasteiger charge is -2.19. The van der Waals surface area contributed by atoms with E-state index in [0.29, 0.717) is 34.3 Å². The molecule has 4 heterocycles. The number of amides is 1. The summed E-state index contributed by atoms with van der Waals surface area (Å²) >= 11 is 0. The molecule has 5 aromatic rings. The first kappa shape index (κ1) is 23.6. The number of hydrogen-bond donors (Lipinski definition) is 1. The van der Waals surface area contributed by atoms with E-state index < -0.39 is 5.82 Å². The van der Waals surface area contributed by atoms with Gasteiger partial charge in [0, 0.05) is 53.4 Å². The topological polar surface area (TPSA) is 78.0 Å². The minimum Gasteiger partial charge on any atom is -0.342 e. The Morgan fingerprint density at radius 2 is 1.78 bits per heavy atom. The third-order valence-corrected chi connectivity index (χ3v) is 6.28. The second-order valence-corrected chi connectivity index (χ2v) is 9.15. The van der Waals surface area contributed by atoms with Crippen molar-refractivity contribution in [2.24, 2.45) is 0 Å². The quantitative estimate of drug-likeness (QED) is 0.353. The third-order valence-electron chi connectivity index (χ3n) is 6.28. The lowest BCUT2D eigenvalue weighted by molar-refractivity contribution is 0.0790. The highest BCUT2D eigenvalue weighted by Crippen LogP contribution is 2.36. The van der Waals surface area contributed by atoms with Crippen LogP contribution in [0.2, 0.25) is 0 Å². The Morgan fingerprint density at radius 3 is 2.50 bits per heavy atom. The van der Waals surface area contributed by atoms with E-state index in [1.165, 1.54) is 6.20 Å². The molecule has 0 aliphatic carbocycles. The van der Waals surface area contributed by atoms with Crippen LogP contribution in [-0.2, 0) is 0 Å². The maximum atomic E-state index is 15.2. The molecule has 36 heavy (non-hydrogen) atoms. The number of carbonyl (C=O) groups excluding carboxylic acids is 1. The molecule has 0 fully saturated rings. The zero-order valence-electron chi connectivity index (χ0n) is 20.5. The number of nitrogens with one attached hydrogen (secondary N) is 1. The fourth-order valence-corrected chi connectivity index (χ4v) is 4.41. The minimum atomic E-state index is -0.428. The average Bonchev–Trinajstić information content (AvgIpc) is 3.26. The molecule has 0 aliphatic heterocycles. The van der Waals surface area contributed by atoms with Crippen molar-refractivity contribution < 1.29 is 9.18 Å². The third kappa shape index (κ3) is 4.55. The highest BCUT2D eigenvalue weighted by Gasteiger charge is 2.18. The zero-order chi connectivity index (χ0) is 25.2. The summed E-state index contributed by atoms with van der Waals surface area (Å²) in [7, 11) is 5.83. The number of nitrogens with zero attached hydrogens (tertiary/aromatic N) is 5. The molecular weight excluding hydrogens is 455 g/mol. The monoisotopic (exact) mass is 482 g/mol. The van der Waals surface area contributed by atoms with Gasteiger partial charge in [0.1, 0.15) is 11.5 Å². The lowest BCUT2D eigenvalue weighted by Crippen LogP contribution is -2.29. The van der Waals surface area contributed by atoms with Crippen LogP contribution in [0.4, 0.5) is 4.39 Å². The fraction of sp³-hybridized carbons (Fsp3) is 0.214. The summed E-state index contributed by atoms with van der Waals surface area (Å²) in [6, 6.07) is 12.8. The molecule has 1 aromatic carbocycles. The maximum Gasteiger partial charge on any atom is 0.253 e. The van der Waals surface area contributed by atoms with Gasteiger partial charge >= 0.3 is 0 Å². The second-order valence-electron chi connectivity index (χ2n) is 9.15. The van der Waals surface area contributed by atoms with Gasteiger partial charge in [0.15, 0.2) is 0 Å². The summed E-state index contributed by atoms with van der Waals surface area (Å²) in [6.45, 7) is 1.58. The molecule has 0 radical (unpaired) electrons. The molecule has 0 unspecified atom stereocenters. The highest BCUT2D eigenvalue weighted by molar-refractivity contribution is 6.13. The van der Waals surface area contributed by atoms with Crippen LogP contribution < -0.4 is 0 Å². The van der Waals surface area contributed by atoms with Gasteiger partial charge in [-0.25, -0.2) is 9.37 Å². The smallest absolute Gasteiger partial charge is 0.253 e. The second kappa shape index (κ2) is 9.83. The Bertz CT molecular complexity index is 1530. The largest absolute Gasteiger partial charge is 0.342 e. The number of fused-ring (bicyclic) bond motifs is 3. The molecule has 4 aromatic heterocycles. The van der Waals surface area contributed by atoms with Crippen molar-refractivity contribution in [1.82, 2.24) is 29.7 Å². The van der Waals surface area contributed by atoms with Gasteiger partial charge in [-0.2, -0.15) is 0 Å². The molecule has 1 N–H and O–H groups in total. The normalized spacial score (nSPS) is 11.5. The molecule has 0 atom stereocenters. The standard InChI is InChI=1S/C28H27FN6O/c1-34(2)12-5-13-35(3)28(36)19-9-7-18(8-10-19)25-22(29)16-32-27-26(25)21-14-23(31-17-24(21)33-27)20-6-4-11-30-15-20/h4,6-11,14-17H,5,12-13H2,1-3H3,(H,32,33). The van der Waals surface area contributed by atoms with Crippen LogP contribution in [0.3, 0.4) is 0 Å². The van der Waals surface area contributed by atoms with Gasteiger partial charge in [-0.05, 0) is 63.0 Å². The Labute approximate surface area is 208 Å². The van der Waals surface area contributed by atoms with Crippen molar-refractivity contribution in [1.29, 1.82) is 0 Å². The lowest BCUT2D eigenvalue weighted by atomic mass is 9.99. The number of halogens is 1. The number of hydrogen-bond acceptors (Lipinski definition) is 5. The molecule has 0 saturated carbocycles. The van der Waals surface area contributed by atoms with Crippen molar-refractivity contribution in [3.05, 3.63) is 78.6 Å². The first-order valence-corrected chi connectivity index (χ1v) is 11.8.